The molecule has 5 nitrogen and oxygen atoms in total. The molecule has 1 aromatic carbocycles. The molecule has 0 radical (unpaired) electrons. The fraction of sp³-hybridized carbons (Fsp3) is 0.353. The van der Waals surface area contributed by atoms with E-state index in [4.69, 9.17) is 11.6 Å². The molecule has 0 saturated carbocycles. The molecule has 0 aliphatic rings. The third kappa shape index (κ3) is 3.83. The van der Waals surface area contributed by atoms with Gasteiger partial charge in [0.25, 0.3) is 0 Å². The van der Waals surface area contributed by atoms with Crippen LogP contribution in [-0.4, -0.2) is 40.0 Å². The van der Waals surface area contributed by atoms with Gasteiger partial charge in [0, 0.05) is 11.6 Å². The van der Waals surface area contributed by atoms with Crippen molar-refractivity contribution in [3.63, 3.8) is 0 Å². The number of aromatic nitrogens is 3. The average Bonchev–Trinajstić information content (AvgIpc) is 3.06. The van der Waals surface area contributed by atoms with Gasteiger partial charge in [-0.15, -0.1) is 11.3 Å². The maximum Gasteiger partial charge on any atom is 0.157 e. The Kier molecular flexibility index (Phi) is 5.60. The van der Waals surface area contributed by atoms with Crippen LogP contribution in [0.15, 0.2) is 36.1 Å². The SMILES string of the molecule is CCCN(C)C(CNc1ncnc2scnc12)c1ccc(Cl)cc1. The van der Waals surface area contributed by atoms with Gasteiger partial charge in [0.2, 0.25) is 0 Å². The number of thiazole rings is 1. The normalized spacial score (nSPS) is 12.7. The molecule has 0 bridgehead atoms. The first-order valence-corrected chi connectivity index (χ1v) is 9.18. The fourth-order valence-electron chi connectivity index (χ4n) is 2.74. The molecule has 1 atom stereocenters. The molecule has 24 heavy (non-hydrogen) atoms. The van der Waals surface area contributed by atoms with E-state index in [9.17, 15) is 0 Å². The summed E-state index contributed by atoms with van der Waals surface area (Å²) in [6.45, 7) is 3.94. The predicted octanol–water partition coefficient (Wildman–Crippen LogP) is 4.23. The van der Waals surface area contributed by atoms with E-state index in [1.807, 2.05) is 12.1 Å². The van der Waals surface area contributed by atoms with Crippen molar-refractivity contribution >= 4 is 39.1 Å². The number of benzene rings is 1. The summed E-state index contributed by atoms with van der Waals surface area (Å²) in [4.78, 5) is 16.2. The number of fused-ring (bicyclic) bond motifs is 1. The second-order valence-electron chi connectivity index (χ2n) is 5.66. The summed E-state index contributed by atoms with van der Waals surface area (Å²) in [5.41, 5.74) is 3.85. The summed E-state index contributed by atoms with van der Waals surface area (Å²) in [6, 6.07) is 8.27. The summed E-state index contributed by atoms with van der Waals surface area (Å²) < 4.78 is 0. The highest BCUT2D eigenvalue weighted by molar-refractivity contribution is 7.16. The number of hydrogen-bond donors (Lipinski definition) is 1. The van der Waals surface area contributed by atoms with Crippen LogP contribution in [0.2, 0.25) is 5.02 Å². The number of nitrogens with zero attached hydrogens (tertiary/aromatic N) is 4. The molecule has 0 fully saturated rings. The number of likely N-dealkylation sites (N-methyl/N-ethyl adjacent to an activating group) is 1. The van der Waals surface area contributed by atoms with Gasteiger partial charge in [-0.05, 0) is 37.7 Å². The summed E-state index contributed by atoms with van der Waals surface area (Å²) >= 11 is 7.55. The van der Waals surface area contributed by atoms with E-state index < -0.39 is 0 Å². The van der Waals surface area contributed by atoms with Crippen LogP contribution in [0.1, 0.15) is 24.9 Å². The minimum atomic E-state index is 0.228. The van der Waals surface area contributed by atoms with Crippen LogP contribution in [0.4, 0.5) is 5.82 Å². The van der Waals surface area contributed by atoms with Crippen LogP contribution in [0.3, 0.4) is 0 Å². The highest BCUT2D eigenvalue weighted by atomic mass is 35.5. The zero-order chi connectivity index (χ0) is 16.9. The highest BCUT2D eigenvalue weighted by Crippen LogP contribution is 2.25. The maximum absolute atomic E-state index is 6.03. The van der Waals surface area contributed by atoms with Crippen LogP contribution < -0.4 is 5.32 Å². The van der Waals surface area contributed by atoms with Gasteiger partial charge in [-0.25, -0.2) is 15.0 Å². The van der Waals surface area contributed by atoms with Gasteiger partial charge >= 0.3 is 0 Å². The first-order chi connectivity index (χ1) is 11.7. The second kappa shape index (κ2) is 7.88. The quantitative estimate of drug-likeness (QED) is 0.682. The van der Waals surface area contributed by atoms with Crippen LogP contribution in [0.5, 0.6) is 0 Å². The topological polar surface area (TPSA) is 53.9 Å². The predicted molar refractivity (Wildman–Crippen MR) is 101 cm³/mol. The van der Waals surface area contributed by atoms with Crippen molar-refractivity contribution < 1.29 is 0 Å². The molecule has 0 amide bonds. The highest BCUT2D eigenvalue weighted by Gasteiger charge is 2.17. The summed E-state index contributed by atoms with van der Waals surface area (Å²) in [5, 5.41) is 4.20. The molecule has 0 spiro atoms. The van der Waals surface area contributed by atoms with Gasteiger partial charge in [-0.1, -0.05) is 30.7 Å². The number of halogens is 1. The molecule has 1 N–H and O–H groups in total. The van der Waals surface area contributed by atoms with Gasteiger partial charge in [-0.2, -0.15) is 0 Å². The summed E-state index contributed by atoms with van der Waals surface area (Å²) in [6.07, 6.45) is 2.68. The Labute approximate surface area is 150 Å². The zero-order valence-electron chi connectivity index (χ0n) is 13.7. The van der Waals surface area contributed by atoms with Crippen molar-refractivity contribution in [3.8, 4) is 0 Å². The van der Waals surface area contributed by atoms with Crippen molar-refractivity contribution in [1.82, 2.24) is 19.9 Å². The maximum atomic E-state index is 6.03. The summed E-state index contributed by atoms with van der Waals surface area (Å²) in [7, 11) is 2.14. The number of rotatable bonds is 7. The standard InChI is InChI=1S/C17H20ClN5S/c1-3-8-23(2)14(12-4-6-13(18)7-5-12)9-19-16-15-17(21-10-20-16)24-11-22-15/h4-7,10-11,14H,3,8-9H2,1-2H3,(H,19,20,21). The zero-order valence-corrected chi connectivity index (χ0v) is 15.3. The lowest BCUT2D eigenvalue weighted by Gasteiger charge is -2.28. The van der Waals surface area contributed by atoms with E-state index in [-0.39, 0.29) is 6.04 Å². The fourth-order valence-corrected chi connectivity index (χ4v) is 3.49. The lowest BCUT2D eigenvalue weighted by atomic mass is 10.1. The van der Waals surface area contributed by atoms with E-state index >= 15 is 0 Å². The van der Waals surface area contributed by atoms with Gasteiger partial charge < -0.3 is 5.32 Å². The third-order valence-corrected chi connectivity index (χ3v) is 4.95. The Bertz CT molecular complexity index is 789. The smallest absolute Gasteiger partial charge is 0.157 e. The Morgan fingerprint density at radius 1 is 1.21 bits per heavy atom. The van der Waals surface area contributed by atoms with Crippen molar-refractivity contribution in [2.75, 3.05) is 25.5 Å². The molecule has 2 aromatic heterocycles. The van der Waals surface area contributed by atoms with Crippen molar-refractivity contribution in [2.24, 2.45) is 0 Å². The molecular formula is C17H20ClN5S. The monoisotopic (exact) mass is 361 g/mol. The third-order valence-electron chi connectivity index (χ3n) is 3.96. The molecular weight excluding hydrogens is 342 g/mol. The Balaban J connectivity index is 1.81. The Hall–Kier alpha value is -1.76. The van der Waals surface area contributed by atoms with Crippen LogP contribution in [-0.2, 0) is 0 Å². The van der Waals surface area contributed by atoms with Crippen LogP contribution in [0.25, 0.3) is 10.3 Å². The minimum Gasteiger partial charge on any atom is -0.366 e. The molecule has 0 saturated heterocycles. The van der Waals surface area contributed by atoms with E-state index in [0.29, 0.717) is 0 Å². The van der Waals surface area contributed by atoms with Gasteiger partial charge in [-0.3, -0.25) is 4.90 Å². The molecule has 0 aliphatic heterocycles. The van der Waals surface area contributed by atoms with Crippen LogP contribution >= 0.6 is 22.9 Å². The summed E-state index contributed by atoms with van der Waals surface area (Å²) in [5.74, 6) is 0.783. The lowest BCUT2D eigenvalue weighted by molar-refractivity contribution is 0.255. The molecule has 0 aliphatic carbocycles. The van der Waals surface area contributed by atoms with E-state index in [1.54, 1.807) is 11.8 Å². The van der Waals surface area contributed by atoms with E-state index in [1.165, 1.54) is 16.9 Å². The molecule has 2 heterocycles. The van der Waals surface area contributed by atoms with Crippen LogP contribution in [0, 0.1) is 0 Å². The lowest BCUT2D eigenvalue weighted by Crippen LogP contribution is -2.31. The molecule has 3 rings (SSSR count). The first kappa shape index (κ1) is 17.1. The van der Waals surface area contributed by atoms with E-state index in [2.05, 4.69) is 51.3 Å². The van der Waals surface area contributed by atoms with Crippen molar-refractivity contribution in [2.45, 2.75) is 19.4 Å². The molecule has 3 aromatic rings. The molecule has 126 valence electrons. The second-order valence-corrected chi connectivity index (χ2v) is 6.93. The van der Waals surface area contributed by atoms with Crippen molar-refractivity contribution in [1.29, 1.82) is 0 Å². The number of hydrogen-bond acceptors (Lipinski definition) is 6. The average molecular weight is 362 g/mol. The Morgan fingerprint density at radius 2 is 2.00 bits per heavy atom. The van der Waals surface area contributed by atoms with Gasteiger partial charge in [0.05, 0.1) is 11.6 Å². The van der Waals surface area contributed by atoms with Gasteiger partial charge in [0.15, 0.2) is 5.82 Å². The van der Waals surface area contributed by atoms with Crippen molar-refractivity contribution in [3.05, 3.63) is 46.7 Å². The largest absolute Gasteiger partial charge is 0.366 e. The molecule has 7 heteroatoms. The Morgan fingerprint density at radius 3 is 2.75 bits per heavy atom. The number of nitrogens with one attached hydrogen (secondary N) is 1. The molecule has 1 unspecified atom stereocenters. The van der Waals surface area contributed by atoms with E-state index in [0.717, 1.165) is 40.7 Å². The van der Waals surface area contributed by atoms with Gasteiger partial charge in [0.1, 0.15) is 16.7 Å². The first-order valence-electron chi connectivity index (χ1n) is 7.92. The minimum absolute atomic E-state index is 0.228. The number of anilines is 1.